The largest absolute Gasteiger partial charge is 0.306 e. The van der Waals surface area contributed by atoms with Gasteiger partial charge in [-0.15, -0.1) is 0 Å². The molecule has 0 N–H and O–H groups in total. The van der Waals surface area contributed by atoms with Gasteiger partial charge in [-0.1, -0.05) is 48.5 Å². The van der Waals surface area contributed by atoms with Crippen molar-refractivity contribution < 1.29 is 14.0 Å². The Morgan fingerprint density at radius 3 is 1.86 bits per heavy atom. The van der Waals surface area contributed by atoms with Crippen molar-refractivity contribution in [2.75, 3.05) is 16.3 Å². The molecule has 0 aliphatic carbocycles. The number of anilines is 2. The maximum absolute atomic E-state index is 13.2. The first-order valence-electron chi connectivity index (χ1n) is 8.97. The minimum Gasteiger partial charge on any atom is -0.306 e. The molecule has 0 fully saturated rings. The number of para-hydroxylation sites is 1. The van der Waals surface area contributed by atoms with E-state index in [-0.39, 0.29) is 18.4 Å². The van der Waals surface area contributed by atoms with Crippen LogP contribution in [0.2, 0.25) is 0 Å². The van der Waals surface area contributed by atoms with E-state index < -0.39 is 5.82 Å². The molecular weight excluding hydrogens is 355 g/mol. The van der Waals surface area contributed by atoms with Gasteiger partial charge in [0, 0.05) is 18.3 Å². The molecule has 0 saturated heterocycles. The molecule has 0 radical (unpaired) electrons. The summed E-state index contributed by atoms with van der Waals surface area (Å²) in [6.45, 7) is 1.64. The highest BCUT2D eigenvalue weighted by Gasteiger charge is 2.22. The van der Waals surface area contributed by atoms with E-state index in [1.807, 2.05) is 60.7 Å². The van der Waals surface area contributed by atoms with Crippen LogP contribution in [0.1, 0.15) is 12.5 Å². The number of carbonyl (C=O) groups is 2. The van der Waals surface area contributed by atoms with Gasteiger partial charge in [0.15, 0.2) is 0 Å². The molecule has 5 heteroatoms. The minimum atomic E-state index is -0.395. The predicted molar refractivity (Wildman–Crippen MR) is 109 cm³/mol. The Bertz CT molecular complexity index is 928. The molecule has 142 valence electrons. The first-order valence-corrected chi connectivity index (χ1v) is 8.97. The smallest absolute Gasteiger partial charge is 0.247 e. The molecule has 0 saturated carbocycles. The van der Waals surface area contributed by atoms with Gasteiger partial charge in [0.25, 0.3) is 0 Å². The van der Waals surface area contributed by atoms with E-state index in [0.29, 0.717) is 12.2 Å². The monoisotopic (exact) mass is 376 g/mol. The summed E-state index contributed by atoms with van der Waals surface area (Å²) in [7, 11) is 0. The molecule has 0 aliphatic heterocycles. The summed E-state index contributed by atoms with van der Waals surface area (Å²) >= 11 is 0. The number of nitrogens with zero attached hydrogens (tertiary/aromatic N) is 2. The molecule has 3 aromatic carbocycles. The van der Waals surface area contributed by atoms with Crippen LogP contribution in [0.3, 0.4) is 0 Å². The van der Waals surface area contributed by atoms with Crippen molar-refractivity contribution in [3.8, 4) is 0 Å². The molecule has 0 aliphatic rings. The Hall–Kier alpha value is -3.47. The summed E-state index contributed by atoms with van der Waals surface area (Å²) in [5, 5.41) is 0. The van der Waals surface area contributed by atoms with Crippen LogP contribution < -0.4 is 9.80 Å². The van der Waals surface area contributed by atoms with E-state index in [9.17, 15) is 14.0 Å². The van der Waals surface area contributed by atoms with E-state index in [1.54, 1.807) is 4.90 Å². The first-order chi connectivity index (χ1) is 13.5. The highest BCUT2D eigenvalue weighted by molar-refractivity contribution is 6.02. The van der Waals surface area contributed by atoms with Gasteiger partial charge in [-0.25, -0.2) is 4.39 Å². The number of hydrogen-bond donors (Lipinski definition) is 0. The topological polar surface area (TPSA) is 40.6 Å². The van der Waals surface area contributed by atoms with Gasteiger partial charge in [-0.05, 0) is 42.0 Å². The van der Waals surface area contributed by atoms with E-state index in [1.165, 1.54) is 36.1 Å². The maximum atomic E-state index is 13.2. The van der Waals surface area contributed by atoms with Gasteiger partial charge in [-0.3, -0.25) is 9.59 Å². The third kappa shape index (κ3) is 4.82. The van der Waals surface area contributed by atoms with Gasteiger partial charge < -0.3 is 9.80 Å². The summed E-state index contributed by atoms with van der Waals surface area (Å²) in [4.78, 5) is 28.3. The molecule has 0 spiro atoms. The van der Waals surface area contributed by atoms with Crippen molar-refractivity contribution in [2.24, 2.45) is 0 Å². The zero-order chi connectivity index (χ0) is 19.9. The highest BCUT2D eigenvalue weighted by Crippen LogP contribution is 2.20. The Kier molecular flexibility index (Phi) is 6.17. The Labute approximate surface area is 163 Å². The predicted octanol–water partition coefficient (Wildman–Crippen LogP) is 4.41. The molecular formula is C23H21FN2O2. The molecule has 0 heterocycles. The number of benzene rings is 3. The third-order valence-corrected chi connectivity index (χ3v) is 4.36. The average molecular weight is 376 g/mol. The summed E-state index contributed by atoms with van der Waals surface area (Å²) in [6.07, 6.45) is 0. The quantitative estimate of drug-likeness (QED) is 0.639. The van der Waals surface area contributed by atoms with Crippen LogP contribution in [0.25, 0.3) is 0 Å². The molecule has 0 unspecified atom stereocenters. The van der Waals surface area contributed by atoms with Crippen LogP contribution >= 0.6 is 0 Å². The summed E-state index contributed by atoms with van der Waals surface area (Å²) in [6, 6.07) is 24.5. The SMILES string of the molecule is CC(=O)N(CC(=O)N(Cc1ccccc1)c1ccccc1)c1ccc(F)cc1. The zero-order valence-corrected chi connectivity index (χ0v) is 15.6. The van der Waals surface area contributed by atoms with Gasteiger partial charge in [0.2, 0.25) is 11.8 Å². The second-order valence-electron chi connectivity index (χ2n) is 6.38. The zero-order valence-electron chi connectivity index (χ0n) is 15.6. The Morgan fingerprint density at radius 1 is 0.750 bits per heavy atom. The van der Waals surface area contributed by atoms with Crippen LogP contribution in [-0.2, 0) is 16.1 Å². The molecule has 4 nitrogen and oxygen atoms in total. The fraction of sp³-hybridized carbons (Fsp3) is 0.130. The second kappa shape index (κ2) is 8.95. The summed E-state index contributed by atoms with van der Waals surface area (Å²) in [5.41, 5.74) is 2.21. The lowest BCUT2D eigenvalue weighted by Crippen LogP contribution is -2.42. The molecule has 0 atom stereocenters. The van der Waals surface area contributed by atoms with E-state index >= 15 is 0 Å². The van der Waals surface area contributed by atoms with Crippen molar-refractivity contribution in [1.29, 1.82) is 0 Å². The molecule has 2 amide bonds. The van der Waals surface area contributed by atoms with Crippen LogP contribution in [0.5, 0.6) is 0 Å². The lowest BCUT2D eigenvalue weighted by atomic mass is 10.2. The highest BCUT2D eigenvalue weighted by atomic mass is 19.1. The van der Waals surface area contributed by atoms with Crippen LogP contribution in [-0.4, -0.2) is 18.4 Å². The minimum absolute atomic E-state index is 0.136. The number of amides is 2. The first kappa shape index (κ1) is 19.3. The Morgan fingerprint density at radius 2 is 1.29 bits per heavy atom. The normalized spacial score (nSPS) is 10.4. The molecule has 28 heavy (non-hydrogen) atoms. The maximum Gasteiger partial charge on any atom is 0.247 e. The van der Waals surface area contributed by atoms with E-state index in [2.05, 4.69) is 0 Å². The average Bonchev–Trinajstić information content (AvgIpc) is 2.72. The summed E-state index contributed by atoms with van der Waals surface area (Å²) in [5.74, 6) is -0.907. The molecule has 3 aromatic rings. The number of rotatable bonds is 6. The lowest BCUT2D eigenvalue weighted by molar-refractivity contribution is -0.121. The van der Waals surface area contributed by atoms with E-state index in [0.717, 1.165) is 11.3 Å². The fourth-order valence-corrected chi connectivity index (χ4v) is 2.92. The molecule has 0 bridgehead atoms. The third-order valence-electron chi connectivity index (χ3n) is 4.36. The van der Waals surface area contributed by atoms with Crippen LogP contribution in [0.15, 0.2) is 84.9 Å². The number of carbonyl (C=O) groups excluding carboxylic acids is 2. The van der Waals surface area contributed by atoms with Crippen LogP contribution in [0, 0.1) is 5.82 Å². The van der Waals surface area contributed by atoms with Gasteiger partial charge >= 0.3 is 0 Å². The van der Waals surface area contributed by atoms with Crippen molar-refractivity contribution >= 4 is 23.2 Å². The number of halogens is 1. The van der Waals surface area contributed by atoms with Crippen molar-refractivity contribution in [3.63, 3.8) is 0 Å². The number of hydrogen-bond acceptors (Lipinski definition) is 2. The van der Waals surface area contributed by atoms with Gasteiger partial charge in [0.1, 0.15) is 12.4 Å². The molecule has 0 aromatic heterocycles. The standard InChI is InChI=1S/C23H21FN2O2/c1-18(27)25(22-14-12-20(24)13-15-22)17-23(28)26(21-10-6-3-7-11-21)16-19-8-4-2-5-9-19/h2-15H,16-17H2,1H3. The van der Waals surface area contributed by atoms with Crippen molar-refractivity contribution in [3.05, 3.63) is 96.3 Å². The van der Waals surface area contributed by atoms with Crippen molar-refractivity contribution in [2.45, 2.75) is 13.5 Å². The summed E-state index contributed by atoms with van der Waals surface area (Å²) < 4.78 is 13.2. The molecule has 3 rings (SSSR count). The van der Waals surface area contributed by atoms with E-state index in [4.69, 9.17) is 0 Å². The van der Waals surface area contributed by atoms with Crippen molar-refractivity contribution in [1.82, 2.24) is 0 Å². The fourth-order valence-electron chi connectivity index (χ4n) is 2.92. The van der Waals surface area contributed by atoms with Gasteiger partial charge in [0.05, 0.1) is 6.54 Å². The Balaban J connectivity index is 1.87. The second-order valence-corrected chi connectivity index (χ2v) is 6.38. The lowest BCUT2D eigenvalue weighted by Gasteiger charge is -2.27. The van der Waals surface area contributed by atoms with Crippen LogP contribution in [0.4, 0.5) is 15.8 Å². The van der Waals surface area contributed by atoms with Gasteiger partial charge in [-0.2, -0.15) is 0 Å².